The molecule has 0 saturated carbocycles. The van der Waals surface area contributed by atoms with Crippen molar-refractivity contribution < 1.29 is 41.3 Å². The summed E-state index contributed by atoms with van der Waals surface area (Å²) >= 11 is 6.04. The fourth-order valence-electron chi connectivity index (χ4n) is 3.52. The molecule has 0 aromatic heterocycles. The summed E-state index contributed by atoms with van der Waals surface area (Å²) in [5.41, 5.74) is 2.92. The maximum absolute atomic E-state index is 13.6. The van der Waals surface area contributed by atoms with Crippen LogP contribution in [0.5, 0.6) is 11.5 Å². The van der Waals surface area contributed by atoms with Crippen molar-refractivity contribution in [3.63, 3.8) is 0 Å². The van der Waals surface area contributed by atoms with Gasteiger partial charge in [0.1, 0.15) is 12.6 Å². The number of benzene rings is 3. The maximum Gasteiger partial charge on any atom is 0.416 e. The largest absolute Gasteiger partial charge is 0.504 e. The van der Waals surface area contributed by atoms with E-state index in [4.69, 9.17) is 22.1 Å². The van der Waals surface area contributed by atoms with Gasteiger partial charge in [-0.2, -0.15) is 13.2 Å². The number of methoxy groups -OCH3 is 1. The summed E-state index contributed by atoms with van der Waals surface area (Å²) in [6, 6.07) is 10.8. The SMILES string of the molecule is COc1cc(S(=O)(=O)N(CC(N)=O)c2ccc(Cl)cc2C(O)c2ccccc2C(F)(F)F)ccc1O. The Morgan fingerprint density at radius 3 is 2.39 bits per heavy atom. The van der Waals surface area contributed by atoms with Crippen molar-refractivity contribution in [1.82, 2.24) is 0 Å². The minimum atomic E-state index is -4.82. The molecule has 0 aliphatic carbocycles. The van der Waals surface area contributed by atoms with E-state index < -0.39 is 50.8 Å². The predicted octanol–water partition coefficient (Wildman–Crippen LogP) is 3.84. The first kappa shape index (κ1) is 27.1. The molecule has 13 heteroatoms. The number of hydrogen-bond donors (Lipinski definition) is 3. The Morgan fingerprint density at radius 2 is 1.78 bits per heavy atom. The second-order valence-electron chi connectivity index (χ2n) is 7.50. The van der Waals surface area contributed by atoms with E-state index in [1.807, 2.05) is 0 Å². The number of aromatic hydroxyl groups is 1. The first-order chi connectivity index (χ1) is 16.8. The number of hydrogen-bond acceptors (Lipinski definition) is 6. The Kier molecular flexibility index (Phi) is 7.72. The lowest BCUT2D eigenvalue weighted by Crippen LogP contribution is -2.39. The zero-order valence-electron chi connectivity index (χ0n) is 18.5. The third kappa shape index (κ3) is 5.50. The Balaban J connectivity index is 2.25. The lowest BCUT2D eigenvalue weighted by atomic mass is 9.95. The van der Waals surface area contributed by atoms with Crippen LogP contribution in [0.2, 0.25) is 5.02 Å². The summed E-state index contributed by atoms with van der Waals surface area (Å²) in [7, 11) is -3.43. The van der Waals surface area contributed by atoms with E-state index in [9.17, 15) is 36.6 Å². The third-order valence-electron chi connectivity index (χ3n) is 5.15. The molecule has 36 heavy (non-hydrogen) atoms. The van der Waals surface area contributed by atoms with Gasteiger partial charge in [-0.25, -0.2) is 8.42 Å². The highest BCUT2D eigenvalue weighted by molar-refractivity contribution is 7.92. The molecular weight excluding hydrogens is 525 g/mol. The van der Waals surface area contributed by atoms with E-state index in [1.165, 1.54) is 19.2 Å². The van der Waals surface area contributed by atoms with Crippen LogP contribution in [0.3, 0.4) is 0 Å². The molecule has 0 saturated heterocycles. The summed E-state index contributed by atoms with van der Waals surface area (Å²) < 4.78 is 73.4. The lowest BCUT2D eigenvalue weighted by Gasteiger charge is -2.28. The monoisotopic (exact) mass is 544 g/mol. The van der Waals surface area contributed by atoms with E-state index in [2.05, 4.69) is 0 Å². The predicted molar refractivity (Wildman–Crippen MR) is 125 cm³/mol. The van der Waals surface area contributed by atoms with Crippen LogP contribution in [0, 0.1) is 0 Å². The minimum absolute atomic E-state index is 0.0139. The summed E-state index contributed by atoms with van der Waals surface area (Å²) in [6.45, 7) is -0.923. The lowest BCUT2D eigenvalue weighted by molar-refractivity contribution is -0.139. The molecule has 0 radical (unpaired) electrons. The number of carbonyl (C=O) groups is 1. The van der Waals surface area contributed by atoms with Gasteiger partial charge in [-0.15, -0.1) is 0 Å². The van der Waals surface area contributed by atoms with Crippen LogP contribution >= 0.6 is 11.6 Å². The zero-order valence-corrected chi connectivity index (χ0v) is 20.1. The summed E-state index contributed by atoms with van der Waals surface area (Å²) in [6.07, 6.45) is -6.81. The molecule has 1 unspecified atom stereocenters. The van der Waals surface area contributed by atoms with Gasteiger partial charge in [0, 0.05) is 16.7 Å². The number of phenols is 1. The Labute approximate surface area is 209 Å². The highest BCUT2D eigenvalue weighted by atomic mass is 35.5. The number of carbonyl (C=O) groups excluding carboxylic acids is 1. The van der Waals surface area contributed by atoms with Gasteiger partial charge in [-0.05, 0) is 42.0 Å². The molecule has 192 valence electrons. The molecule has 4 N–H and O–H groups in total. The van der Waals surface area contributed by atoms with Crippen molar-refractivity contribution in [2.24, 2.45) is 5.73 Å². The topological polar surface area (TPSA) is 130 Å². The van der Waals surface area contributed by atoms with Gasteiger partial charge in [0.15, 0.2) is 11.5 Å². The van der Waals surface area contributed by atoms with Gasteiger partial charge in [0.05, 0.1) is 23.3 Å². The van der Waals surface area contributed by atoms with E-state index in [1.54, 1.807) is 0 Å². The van der Waals surface area contributed by atoms with Crippen molar-refractivity contribution in [3.05, 3.63) is 82.4 Å². The van der Waals surface area contributed by atoms with Crippen LogP contribution in [0.4, 0.5) is 18.9 Å². The van der Waals surface area contributed by atoms with Gasteiger partial charge in [0.2, 0.25) is 5.91 Å². The second kappa shape index (κ2) is 10.2. The summed E-state index contributed by atoms with van der Waals surface area (Å²) in [5, 5.41) is 20.8. The highest BCUT2D eigenvalue weighted by Crippen LogP contribution is 2.41. The zero-order chi connectivity index (χ0) is 26.8. The molecule has 0 bridgehead atoms. The first-order valence-corrected chi connectivity index (χ1v) is 11.9. The highest BCUT2D eigenvalue weighted by Gasteiger charge is 2.37. The number of anilines is 1. The van der Waals surface area contributed by atoms with Crippen molar-refractivity contribution in [3.8, 4) is 11.5 Å². The third-order valence-corrected chi connectivity index (χ3v) is 7.14. The average molecular weight is 545 g/mol. The normalized spacial score (nSPS) is 12.7. The number of sulfonamides is 1. The van der Waals surface area contributed by atoms with E-state index in [0.29, 0.717) is 4.31 Å². The van der Waals surface area contributed by atoms with Crippen molar-refractivity contribution in [2.45, 2.75) is 17.2 Å². The Morgan fingerprint density at radius 1 is 1.11 bits per heavy atom. The number of phenolic OH excluding ortho intramolecular Hbond substituents is 1. The number of nitrogens with two attached hydrogens (primary N) is 1. The maximum atomic E-state index is 13.6. The second-order valence-corrected chi connectivity index (χ2v) is 9.80. The molecule has 1 atom stereocenters. The number of alkyl halides is 3. The number of nitrogens with zero attached hydrogens (tertiary/aromatic N) is 1. The van der Waals surface area contributed by atoms with Crippen molar-refractivity contribution in [2.75, 3.05) is 18.0 Å². The fourth-order valence-corrected chi connectivity index (χ4v) is 5.17. The molecular formula is C23H20ClF3N2O6S. The Bertz CT molecular complexity index is 1400. The fraction of sp³-hybridized carbons (Fsp3) is 0.174. The van der Waals surface area contributed by atoms with Gasteiger partial charge in [-0.3, -0.25) is 9.10 Å². The van der Waals surface area contributed by atoms with Crippen molar-refractivity contribution in [1.29, 1.82) is 0 Å². The quantitative estimate of drug-likeness (QED) is 0.395. The van der Waals surface area contributed by atoms with Gasteiger partial charge in [0.25, 0.3) is 10.0 Å². The van der Waals surface area contributed by atoms with E-state index >= 15 is 0 Å². The first-order valence-electron chi connectivity index (χ1n) is 10.1. The van der Waals surface area contributed by atoms with Crippen LogP contribution in [-0.4, -0.2) is 38.2 Å². The number of aliphatic hydroxyl groups is 1. The molecule has 0 aliphatic rings. The number of halogens is 4. The molecule has 3 rings (SSSR count). The van der Waals surface area contributed by atoms with Crippen molar-refractivity contribution >= 4 is 33.2 Å². The molecule has 8 nitrogen and oxygen atoms in total. The van der Waals surface area contributed by atoms with Crippen LogP contribution in [-0.2, 0) is 21.0 Å². The van der Waals surface area contributed by atoms with Crippen LogP contribution < -0.4 is 14.8 Å². The molecule has 3 aromatic rings. The molecule has 0 aliphatic heterocycles. The van der Waals surface area contributed by atoms with Gasteiger partial charge < -0.3 is 20.7 Å². The minimum Gasteiger partial charge on any atom is -0.504 e. The van der Waals surface area contributed by atoms with Crippen LogP contribution in [0.15, 0.2) is 65.6 Å². The van der Waals surface area contributed by atoms with Gasteiger partial charge in [-0.1, -0.05) is 29.8 Å². The van der Waals surface area contributed by atoms with E-state index in [0.717, 1.165) is 48.5 Å². The molecule has 0 heterocycles. The molecule has 0 spiro atoms. The average Bonchev–Trinajstić information content (AvgIpc) is 2.81. The van der Waals surface area contributed by atoms with Gasteiger partial charge >= 0.3 is 6.18 Å². The summed E-state index contributed by atoms with van der Waals surface area (Å²) in [4.78, 5) is 11.4. The molecule has 0 fully saturated rings. The van der Waals surface area contributed by atoms with E-state index in [-0.39, 0.29) is 27.8 Å². The Hall–Kier alpha value is -3.48. The standard InChI is InChI=1S/C23H20ClF3N2O6S/c1-35-20-11-14(7-9-19(20)30)36(33,34)29(12-21(28)31)18-8-6-13(24)10-16(18)22(32)15-4-2-3-5-17(15)23(25,26)27/h2-11,22,30,32H,12H2,1H3,(H2,28,31). The number of amides is 1. The number of aliphatic hydroxyl groups excluding tert-OH is 1. The number of ether oxygens (including phenoxy) is 1. The van der Waals surface area contributed by atoms with Crippen LogP contribution in [0.25, 0.3) is 0 Å². The molecule has 1 amide bonds. The number of primary amides is 1. The summed E-state index contributed by atoms with van der Waals surface area (Å²) in [5.74, 6) is -1.63. The number of rotatable bonds is 8. The van der Waals surface area contributed by atoms with Crippen LogP contribution in [0.1, 0.15) is 22.8 Å². The molecule has 3 aromatic carbocycles. The smallest absolute Gasteiger partial charge is 0.416 e.